The number of H-pyrrole nitrogens is 1. The van der Waals surface area contributed by atoms with Crippen LogP contribution in [0.1, 0.15) is 35.9 Å². The molecular formula is C11H13N3O. The van der Waals surface area contributed by atoms with Crippen LogP contribution in [0.5, 0.6) is 0 Å². The SMILES string of the molecule is CC(C)c1ccc2nc(C(N)=O)[nH]c2c1. The van der Waals surface area contributed by atoms with E-state index in [9.17, 15) is 4.79 Å². The number of imidazole rings is 1. The van der Waals surface area contributed by atoms with Gasteiger partial charge >= 0.3 is 0 Å². The van der Waals surface area contributed by atoms with Gasteiger partial charge in [-0.1, -0.05) is 19.9 Å². The summed E-state index contributed by atoms with van der Waals surface area (Å²) in [5.74, 6) is 0.137. The lowest BCUT2D eigenvalue weighted by atomic mass is 10.0. The smallest absolute Gasteiger partial charge is 0.284 e. The number of hydrogen-bond acceptors (Lipinski definition) is 2. The van der Waals surface area contributed by atoms with Crippen molar-refractivity contribution in [1.29, 1.82) is 0 Å². The van der Waals surface area contributed by atoms with Crippen LogP contribution in [0.25, 0.3) is 11.0 Å². The molecule has 1 amide bonds. The number of benzene rings is 1. The highest BCUT2D eigenvalue weighted by atomic mass is 16.1. The van der Waals surface area contributed by atoms with Crippen LogP contribution in [0.15, 0.2) is 18.2 Å². The third-order valence-corrected chi connectivity index (χ3v) is 2.41. The van der Waals surface area contributed by atoms with Crippen molar-refractivity contribution in [3.63, 3.8) is 0 Å². The van der Waals surface area contributed by atoms with Gasteiger partial charge in [0, 0.05) is 0 Å². The Kier molecular flexibility index (Phi) is 2.19. The van der Waals surface area contributed by atoms with Crippen molar-refractivity contribution in [1.82, 2.24) is 9.97 Å². The van der Waals surface area contributed by atoms with E-state index in [1.165, 1.54) is 5.56 Å². The molecule has 0 fully saturated rings. The molecule has 78 valence electrons. The van der Waals surface area contributed by atoms with E-state index < -0.39 is 5.91 Å². The highest BCUT2D eigenvalue weighted by Gasteiger charge is 2.08. The lowest BCUT2D eigenvalue weighted by Gasteiger charge is -2.03. The van der Waals surface area contributed by atoms with Crippen LogP contribution >= 0.6 is 0 Å². The third kappa shape index (κ3) is 1.70. The average Bonchev–Trinajstić information content (AvgIpc) is 2.59. The van der Waals surface area contributed by atoms with E-state index in [0.717, 1.165) is 11.0 Å². The molecule has 0 saturated heterocycles. The lowest BCUT2D eigenvalue weighted by molar-refractivity contribution is 0.0991. The number of primary amides is 1. The Labute approximate surface area is 87.5 Å². The first-order valence-electron chi connectivity index (χ1n) is 4.87. The number of nitrogens with zero attached hydrogens (tertiary/aromatic N) is 1. The molecule has 4 heteroatoms. The molecule has 2 aromatic rings. The molecule has 4 nitrogen and oxygen atoms in total. The second-order valence-corrected chi connectivity index (χ2v) is 3.88. The van der Waals surface area contributed by atoms with Gasteiger partial charge in [0.15, 0.2) is 5.82 Å². The summed E-state index contributed by atoms with van der Waals surface area (Å²) in [6, 6.07) is 5.91. The van der Waals surface area contributed by atoms with Gasteiger partial charge in [0.05, 0.1) is 11.0 Å². The van der Waals surface area contributed by atoms with E-state index in [0.29, 0.717) is 5.92 Å². The molecule has 15 heavy (non-hydrogen) atoms. The van der Waals surface area contributed by atoms with Crippen LogP contribution in [0, 0.1) is 0 Å². The van der Waals surface area contributed by atoms with Gasteiger partial charge < -0.3 is 10.7 Å². The van der Waals surface area contributed by atoms with Crippen LogP contribution in [0.4, 0.5) is 0 Å². The van der Waals surface area contributed by atoms with Gasteiger partial charge in [0.25, 0.3) is 5.91 Å². The number of nitrogens with one attached hydrogen (secondary N) is 1. The number of nitrogens with two attached hydrogens (primary N) is 1. The minimum Gasteiger partial charge on any atom is -0.363 e. The van der Waals surface area contributed by atoms with Gasteiger partial charge in [0.2, 0.25) is 0 Å². The Hall–Kier alpha value is -1.84. The number of carbonyl (C=O) groups is 1. The van der Waals surface area contributed by atoms with Crippen LogP contribution in [0.3, 0.4) is 0 Å². The predicted octanol–water partition coefficient (Wildman–Crippen LogP) is 1.79. The summed E-state index contributed by atoms with van der Waals surface area (Å²) in [5, 5.41) is 0. The second kappa shape index (κ2) is 3.38. The fraction of sp³-hybridized carbons (Fsp3) is 0.273. The van der Waals surface area contributed by atoms with Gasteiger partial charge in [0.1, 0.15) is 0 Å². The summed E-state index contributed by atoms with van der Waals surface area (Å²) in [6.45, 7) is 4.24. The number of amides is 1. The van der Waals surface area contributed by atoms with Crippen LogP contribution in [0.2, 0.25) is 0 Å². The molecule has 0 aliphatic heterocycles. The summed E-state index contributed by atoms with van der Waals surface area (Å²) in [7, 11) is 0. The largest absolute Gasteiger partial charge is 0.363 e. The van der Waals surface area contributed by atoms with Gasteiger partial charge in [-0.05, 0) is 23.6 Å². The summed E-state index contributed by atoms with van der Waals surface area (Å²) >= 11 is 0. The van der Waals surface area contributed by atoms with E-state index in [-0.39, 0.29) is 5.82 Å². The molecule has 1 aromatic carbocycles. The van der Waals surface area contributed by atoms with Gasteiger partial charge in [-0.25, -0.2) is 4.98 Å². The first-order valence-corrected chi connectivity index (χ1v) is 4.87. The quantitative estimate of drug-likeness (QED) is 0.781. The molecule has 1 aromatic heterocycles. The third-order valence-electron chi connectivity index (χ3n) is 2.41. The summed E-state index contributed by atoms with van der Waals surface area (Å²) < 4.78 is 0. The van der Waals surface area contributed by atoms with E-state index in [2.05, 4.69) is 23.8 Å². The van der Waals surface area contributed by atoms with Gasteiger partial charge in [-0.3, -0.25) is 4.79 Å². The number of aromatic amines is 1. The van der Waals surface area contributed by atoms with Crippen LogP contribution < -0.4 is 5.73 Å². The minimum atomic E-state index is -0.530. The molecule has 0 bridgehead atoms. The maximum atomic E-state index is 10.9. The summed E-state index contributed by atoms with van der Waals surface area (Å²) in [6.07, 6.45) is 0. The number of hydrogen-bond donors (Lipinski definition) is 2. The molecule has 0 radical (unpaired) electrons. The molecule has 3 N–H and O–H groups in total. The van der Waals surface area contributed by atoms with E-state index in [4.69, 9.17) is 5.73 Å². The predicted molar refractivity (Wildman–Crippen MR) is 58.7 cm³/mol. The van der Waals surface area contributed by atoms with Crippen molar-refractivity contribution in [3.05, 3.63) is 29.6 Å². The average molecular weight is 203 g/mol. The van der Waals surface area contributed by atoms with Gasteiger partial charge in [-0.15, -0.1) is 0 Å². The Morgan fingerprint density at radius 1 is 1.47 bits per heavy atom. The van der Waals surface area contributed by atoms with E-state index in [1.807, 2.05) is 18.2 Å². The molecular weight excluding hydrogens is 190 g/mol. The maximum absolute atomic E-state index is 10.9. The fourth-order valence-corrected chi connectivity index (χ4v) is 1.50. The van der Waals surface area contributed by atoms with Crippen molar-refractivity contribution in [2.45, 2.75) is 19.8 Å². The van der Waals surface area contributed by atoms with E-state index >= 15 is 0 Å². The highest BCUT2D eigenvalue weighted by Crippen LogP contribution is 2.19. The monoisotopic (exact) mass is 203 g/mol. The lowest BCUT2D eigenvalue weighted by Crippen LogP contribution is -2.12. The standard InChI is InChI=1S/C11H13N3O/c1-6(2)7-3-4-8-9(5-7)14-11(13-8)10(12)15/h3-6H,1-2H3,(H2,12,15)(H,13,14). The molecule has 0 aliphatic rings. The number of carbonyl (C=O) groups excluding carboxylic acids is 1. The Bertz CT molecular complexity index is 514. The van der Waals surface area contributed by atoms with Crippen LogP contribution in [-0.4, -0.2) is 15.9 Å². The fourth-order valence-electron chi connectivity index (χ4n) is 1.50. The Morgan fingerprint density at radius 3 is 2.80 bits per heavy atom. The molecule has 0 saturated carbocycles. The normalized spacial score (nSPS) is 11.1. The van der Waals surface area contributed by atoms with Crippen molar-refractivity contribution in [2.75, 3.05) is 0 Å². The minimum absolute atomic E-state index is 0.214. The second-order valence-electron chi connectivity index (χ2n) is 3.88. The molecule has 0 aliphatic carbocycles. The van der Waals surface area contributed by atoms with Crippen molar-refractivity contribution < 1.29 is 4.79 Å². The van der Waals surface area contributed by atoms with Crippen molar-refractivity contribution >= 4 is 16.9 Å². The molecule has 0 spiro atoms. The topological polar surface area (TPSA) is 71.8 Å². The van der Waals surface area contributed by atoms with Crippen molar-refractivity contribution in [3.8, 4) is 0 Å². The maximum Gasteiger partial charge on any atom is 0.284 e. The first-order chi connectivity index (χ1) is 7.08. The summed E-state index contributed by atoms with van der Waals surface area (Å²) in [4.78, 5) is 17.9. The molecule has 2 rings (SSSR count). The molecule has 0 atom stereocenters. The van der Waals surface area contributed by atoms with Crippen molar-refractivity contribution in [2.24, 2.45) is 5.73 Å². The zero-order valence-corrected chi connectivity index (χ0v) is 8.74. The number of rotatable bonds is 2. The zero-order valence-electron chi connectivity index (χ0n) is 8.74. The highest BCUT2D eigenvalue weighted by molar-refractivity contribution is 5.93. The Morgan fingerprint density at radius 2 is 2.20 bits per heavy atom. The Balaban J connectivity index is 2.57. The zero-order chi connectivity index (χ0) is 11.0. The molecule has 0 unspecified atom stereocenters. The number of aromatic nitrogens is 2. The summed E-state index contributed by atoms with van der Waals surface area (Å²) in [5.41, 5.74) is 7.98. The van der Waals surface area contributed by atoms with E-state index in [1.54, 1.807) is 0 Å². The van der Waals surface area contributed by atoms with Crippen LogP contribution in [-0.2, 0) is 0 Å². The number of fused-ring (bicyclic) bond motifs is 1. The first kappa shape index (κ1) is 9.71. The molecule has 1 heterocycles. The van der Waals surface area contributed by atoms with Gasteiger partial charge in [-0.2, -0.15) is 0 Å².